The molecule has 0 unspecified atom stereocenters. The molecule has 1 aromatic carbocycles. The fraction of sp³-hybridized carbons (Fsp3) is 0.429. The molecule has 1 rings (SSSR count). The molecule has 0 saturated carbocycles. The highest BCUT2D eigenvalue weighted by Gasteiger charge is 2.05. The van der Waals surface area contributed by atoms with Gasteiger partial charge in [-0.2, -0.15) is 0 Å². The molecule has 0 radical (unpaired) electrons. The van der Waals surface area contributed by atoms with Crippen molar-refractivity contribution >= 4 is 0 Å². The maximum Gasteiger partial charge on any atom is 0.137 e. The summed E-state index contributed by atoms with van der Waals surface area (Å²) in [6, 6.07) is 7.65. The van der Waals surface area contributed by atoms with Gasteiger partial charge in [-0.1, -0.05) is 12.1 Å². The zero-order chi connectivity index (χ0) is 13.2. The highest BCUT2D eigenvalue weighted by atomic mass is 16.5. The SMILES string of the molecule is C#CC[NH2+]C[C@H](O)COCc1ccc(OC)cc1. The molecule has 18 heavy (non-hydrogen) atoms. The minimum atomic E-state index is -0.489. The molecule has 0 bridgehead atoms. The maximum atomic E-state index is 9.59. The van der Waals surface area contributed by atoms with Gasteiger partial charge in [-0.15, -0.1) is 6.42 Å². The highest BCUT2D eigenvalue weighted by molar-refractivity contribution is 5.26. The van der Waals surface area contributed by atoms with E-state index in [1.807, 2.05) is 29.6 Å². The van der Waals surface area contributed by atoms with E-state index in [0.717, 1.165) is 11.3 Å². The molecule has 0 fully saturated rings. The summed E-state index contributed by atoms with van der Waals surface area (Å²) in [7, 11) is 1.63. The molecular formula is C14H20NO3+. The molecule has 0 heterocycles. The molecule has 0 saturated heterocycles. The number of terminal acetylenes is 1. The van der Waals surface area contributed by atoms with Crippen molar-refractivity contribution in [3.8, 4) is 18.1 Å². The zero-order valence-electron chi connectivity index (χ0n) is 10.6. The molecule has 0 spiro atoms. The third-order valence-corrected chi connectivity index (χ3v) is 2.44. The Kier molecular flexibility index (Phi) is 6.89. The van der Waals surface area contributed by atoms with Crippen LogP contribution < -0.4 is 10.1 Å². The van der Waals surface area contributed by atoms with E-state index in [2.05, 4.69) is 5.92 Å². The summed E-state index contributed by atoms with van der Waals surface area (Å²) in [4.78, 5) is 0. The van der Waals surface area contributed by atoms with Gasteiger partial charge in [0.2, 0.25) is 0 Å². The number of aliphatic hydroxyl groups is 1. The van der Waals surface area contributed by atoms with Gasteiger partial charge in [0, 0.05) is 0 Å². The number of rotatable bonds is 8. The van der Waals surface area contributed by atoms with Gasteiger partial charge in [-0.25, -0.2) is 0 Å². The summed E-state index contributed by atoms with van der Waals surface area (Å²) in [5, 5.41) is 11.5. The Morgan fingerprint density at radius 3 is 2.72 bits per heavy atom. The van der Waals surface area contributed by atoms with E-state index in [1.165, 1.54) is 0 Å². The maximum absolute atomic E-state index is 9.59. The Labute approximate surface area is 108 Å². The van der Waals surface area contributed by atoms with Crippen LogP contribution in [0.4, 0.5) is 0 Å². The first-order chi connectivity index (χ1) is 8.76. The Morgan fingerprint density at radius 2 is 2.11 bits per heavy atom. The largest absolute Gasteiger partial charge is 0.497 e. The molecule has 98 valence electrons. The van der Waals surface area contributed by atoms with Crippen molar-refractivity contribution in [3.63, 3.8) is 0 Å². The van der Waals surface area contributed by atoms with E-state index in [4.69, 9.17) is 15.9 Å². The number of methoxy groups -OCH3 is 1. The summed E-state index contributed by atoms with van der Waals surface area (Å²) < 4.78 is 10.5. The first kappa shape index (κ1) is 14.5. The average molecular weight is 250 g/mol. The number of hydrogen-bond donors (Lipinski definition) is 2. The second-order valence-corrected chi connectivity index (χ2v) is 3.95. The van der Waals surface area contributed by atoms with E-state index in [1.54, 1.807) is 7.11 Å². The summed E-state index contributed by atoms with van der Waals surface area (Å²) in [6.07, 6.45) is 4.62. The molecule has 0 aliphatic heterocycles. The molecular weight excluding hydrogens is 230 g/mol. The van der Waals surface area contributed by atoms with Crippen LogP contribution in [-0.4, -0.2) is 38.0 Å². The van der Waals surface area contributed by atoms with Crippen molar-refractivity contribution in [2.75, 3.05) is 26.8 Å². The van der Waals surface area contributed by atoms with Crippen molar-refractivity contribution in [3.05, 3.63) is 29.8 Å². The fourth-order valence-electron chi connectivity index (χ4n) is 1.46. The van der Waals surface area contributed by atoms with E-state index >= 15 is 0 Å². The standard InChI is InChI=1S/C14H19NO3/c1-3-8-15-9-13(16)11-18-10-12-4-6-14(17-2)7-5-12/h1,4-7,13,15-16H,8-11H2,2H3/p+1/t13-/m0/s1. The van der Waals surface area contributed by atoms with Crippen LogP contribution in [0.25, 0.3) is 0 Å². The lowest BCUT2D eigenvalue weighted by atomic mass is 10.2. The molecule has 1 atom stereocenters. The van der Waals surface area contributed by atoms with Crippen LogP contribution in [0.2, 0.25) is 0 Å². The first-order valence-electron chi connectivity index (χ1n) is 5.90. The number of hydrogen-bond acceptors (Lipinski definition) is 3. The topological polar surface area (TPSA) is 55.3 Å². The van der Waals surface area contributed by atoms with Gasteiger partial charge in [-0.3, -0.25) is 0 Å². The van der Waals surface area contributed by atoms with Gasteiger partial charge >= 0.3 is 0 Å². The first-order valence-corrected chi connectivity index (χ1v) is 5.90. The molecule has 0 aliphatic carbocycles. The molecule has 4 nitrogen and oxygen atoms in total. The Bertz CT molecular complexity index is 370. The lowest BCUT2D eigenvalue weighted by molar-refractivity contribution is -0.650. The van der Waals surface area contributed by atoms with Crippen LogP contribution in [0.15, 0.2) is 24.3 Å². The quantitative estimate of drug-likeness (QED) is 0.495. The summed E-state index contributed by atoms with van der Waals surface area (Å²) >= 11 is 0. The van der Waals surface area contributed by atoms with Crippen molar-refractivity contribution in [1.82, 2.24) is 0 Å². The predicted molar refractivity (Wildman–Crippen MR) is 69.1 cm³/mol. The van der Waals surface area contributed by atoms with Gasteiger partial charge in [0.05, 0.1) is 20.3 Å². The van der Waals surface area contributed by atoms with E-state index < -0.39 is 6.10 Å². The molecule has 1 aromatic rings. The average Bonchev–Trinajstić information content (AvgIpc) is 2.40. The summed E-state index contributed by atoms with van der Waals surface area (Å²) in [5.74, 6) is 3.32. The molecule has 0 aliphatic rings. The minimum absolute atomic E-state index is 0.313. The molecule has 4 heteroatoms. The second-order valence-electron chi connectivity index (χ2n) is 3.95. The van der Waals surface area contributed by atoms with Crippen LogP contribution in [0.1, 0.15) is 5.56 Å². The second kappa shape index (κ2) is 8.54. The molecule has 0 aromatic heterocycles. The lowest BCUT2D eigenvalue weighted by Gasteiger charge is -2.09. The van der Waals surface area contributed by atoms with Crippen molar-refractivity contribution in [2.24, 2.45) is 0 Å². The Hall–Kier alpha value is -1.54. The normalized spacial score (nSPS) is 11.8. The molecule has 3 N–H and O–H groups in total. The van der Waals surface area contributed by atoms with Gasteiger partial charge in [0.25, 0.3) is 0 Å². The molecule has 0 amide bonds. The van der Waals surface area contributed by atoms with Crippen LogP contribution in [-0.2, 0) is 11.3 Å². The van der Waals surface area contributed by atoms with Crippen LogP contribution >= 0.6 is 0 Å². The Morgan fingerprint density at radius 1 is 1.39 bits per heavy atom. The number of ether oxygens (including phenoxy) is 2. The van der Waals surface area contributed by atoms with Crippen LogP contribution in [0, 0.1) is 12.3 Å². The lowest BCUT2D eigenvalue weighted by Crippen LogP contribution is -2.86. The third kappa shape index (κ3) is 5.69. The number of quaternary nitrogens is 1. The summed E-state index contributed by atoms with van der Waals surface area (Å²) in [6.45, 7) is 1.94. The van der Waals surface area contributed by atoms with Gasteiger partial charge in [-0.05, 0) is 23.6 Å². The van der Waals surface area contributed by atoms with Crippen LogP contribution in [0.5, 0.6) is 5.75 Å². The van der Waals surface area contributed by atoms with Crippen LogP contribution in [0.3, 0.4) is 0 Å². The predicted octanol–water partition coefficient (Wildman–Crippen LogP) is -0.231. The summed E-state index contributed by atoms with van der Waals surface area (Å²) in [5.41, 5.74) is 1.05. The number of benzene rings is 1. The monoisotopic (exact) mass is 250 g/mol. The van der Waals surface area contributed by atoms with Crippen molar-refractivity contribution < 1.29 is 19.9 Å². The number of nitrogens with two attached hydrogens (primary N) is 1. The van der Waals surface area contributed by atoms with E-state index in [9.17, 15) is 5.11 Å². The van der Waals surface area contributed by atoms with Crippen molar-refractivity contribution in [2.45, 2.75) is 12.7 Å². The minimum Gasteiger partial charge on any atom is -0.497 e. The van der Waals surface area contributed by atoms with E-state index in [-0.39, 0.29) is 0 Å². The van der Waals surface area contributed by atoms with Gasteiger partial charge in [0.1, 0.15) is 24.9 Å². The third-order valence-electron chi connectivity index (χ3n) is 2.44. The Balaban J connectivity index is 2.18. The fourth-order valence-corrected chi connectivity index (χ4v) is 1.46. The van der Waals surface area contributed by atoms with Crippen molar-refractivity contribution in [1.29, 1.82) is 0 Å². The smallest absolute Gasteiger partial charge is 0.137 e. The highest BCUT2D eigenvalue weighted by Crippen LogP contribution is 2.11. The van der Waals surface area contributed by atoms with Gasteiger partial charge < -0.3 is 19.9 Å². The zero-order valence-corrected chi connectivity index (χ0v) is 10.6. The van der Waals surface area contributed by atoms with E-state index in [0.29, 0.717) is 26.3 Å². The van der Waals surface area contributed by atoms with Gasteiger partial charge in [0.15, 0.2) is 0 Å². The number of aliphatic hydroxyl groups excluding tert-OH is 1.